The van der Waals surface area contributed by atoms with Crippen LogP contribution in [0.25, 0.3) is 10.9 Å². The van der Waals surface area contributed by atoms with Gasteiger partial charge in [0.2, 0.25) is 0 Å². The first-order valence-corrected chi connectivity index (χ1v) is 7.43. The number of hydrogen-bond donors (Lipinski definition) is 1. The summed E-state index contributed by atoms with van der Waals surface area (Å²) in [6, 6.07) is 15.8. The summed E-state index contributed by atoms with van der Waals surface area (Å²) in [6.45, 7) is 2.12. The summed E-state index contributed by atoms with van der Waals surface area (Å²) in [5, 5.41) is 14.1. The molecule has 3 aromatic rings. The molecule has 0 radical (unpaired) electrons. The van der Waals surface area contributed by atoms with E-state index in [4.69, 9.17) is 11.6 Å². The minimum atomic E-state index is 0. The molecule has 0 aliphatic rings. The number of aromatic nitrogens is 1. The highest BCUT2D eigenvalue weighted by Crippen LogP contribution is 2.30. The SMILES string of the molecule is CCc1ccc(Nc2c(C#N)cnc3ccc(Cl)cc23)cc1.Cl. The zero-order valence-electron chi connectivity index (χ0n) is 12.5. The van der Waals surface area contributed by atoms with Gasteiger partial charge in [-0.25, -0.2) is 0 Å². The number of fused-ring (bicyclic) bond motifs is 1. The molecule has 0 atom stereocenters. The lowest BCUT2D eigenvalue weighted by Crippen LogP contribution is -1.97. The minimum absolute atomic E-state index is 0. The van der Waals surface area contributed by atoms with Gasteiger partial charge in [-0.05, 0) is 42.3 Å². The third-order valence-corrected chi connectivity index (χ3v) is 3.82. The number of anilines is 2. The molecule has 116 valence electrons. The van der Waals surface area contributed by atoms with Gasteiger partial charge in [0.25, 0.3) is 0 Å². The zero-order valence-corrected chi connectivity index (χ0v) is 14.1. The molecule has 1 heterocycles. The fraction of sp³-hybridized carbons (Fsp3) is 0.111. The molecule has 1 N–H and O–H groups in total. The molecule has 23 heavy (non-hydrogen) atoms. The molecular weight excluding hydrogens is 329 g/mol. The van der Waals surface area contributed by atoms with Crippen LogP contribution in [-0.2, 0) is 6.42 Å². The van der Waals surface area contributed by atoms with E-state index in [1.54, 1.807) is 12.3 Å². The zero-order chi connectivity index (χ0) is 15.5. The van der Waals surface area contributed by atoms with Gasteiger partial charge >= 0.3 is 0 Å². The van der Waals surface area contributed by atoms with Crippen molar-refractivity contribution in [3.05, 3.63) is 64.8 Å². The van der Waals surface area contributed by atoms with E-state index in [0.29, 0.717) is 10.6 Å². The summed E-state index contributed by atoms with van der Waals surface area (Å²) in [7, 11) is 0. The van der Waals surface area contributed by atoms with Crippen LogP contribution in [0, 0.1) is 11.3 Å². The lowest BCUT2D eigenvalue weighted by Gasteiger charge is -2.12. The smallest absolute Gasteiger partial charge is 0.103 e. The van der Waals surface area contributed by atoms with Crippen LogP contribution in [0.1, 0.15) is 18.1 Å². The van der Waals surface area contributed by atoms with Crippen molar-refractivity contribution < 1.29 is 0 Å². The van der Waals surface area contributed by atoms with Crippen LogP contribution < -0.4 is 5.32 Å². The van der Waals surface area contributed by atoms with Crippen molar-refractivity contribution in [2.45, 2.75) is 13.3 Å². The summed E-state index contributed by atoms with van der Waals surface area (Å²) in [5.74, 6) is 0. The largest absolute Gasteiger partial charge is 0.354 e. The highest BCUT2D eigenvalue weighted by atomic mass is 35.5. The van der Waals surface area contributed by atoms with Crippen LogP contribution in [0.15, 0.2) is 48.7 Å². The Kier molecular flexibility index (Phi) is 5.44. The number of nitrogens with zero attached hydrogens (tertiary/aromatic N) is 2. The van der Waals surface area contributed by atoms with E-state index in [1.165, 1.54) is 5.56 Å². The molecular formula is C18H15Cl2N3. The van der Waals surface area contributed by atoms with Gasteiger partial charge in [-0.15, -0.1) is 12.4 Å². The van der Waals surface area contributed by atoms with Gasteiger partial charge in [0.15, 0.2) is 0 Å². The van der Waals surface area contributed by atoms with Crippen molar-refractivity contribution in [3.8, 4) is 6.07 Å². The Morgan fingerprint density at radius 2 is 1.91 bits per heavy atom. The van der Waals surface area contributed by atoms with Crippen LogP contribution in [0.5, 0.6) is 0 Å². The fourth-order valence-electron chi connectivity index (χ4n) is 2.35. The Labute approximate surface area is 146 Å². The van der Waals surface area contributed by atoms with Crippen LogP contribution in [0.4, 0.5) is 11.4 Å². The molecule has 0 fully saturated rings. The molecule has 5 heteroatoms. The van der Waals surface area contributed by atoms with Crippen molar-refractivity contribution in [2.75, 3.05) is 5.32 Å². The normalized spacial score (nSPS) is 9.96. The lowest BCUT2D eigenvalue weighted by molar-refractivity contribution is 1.14. The number of benzene rings is 2. The predicted octanol–water partition coefficient (Wildman–Crippen LogP) is 5.49. The molecule has 0 saturated carbocycles. The Morgan fingerprint density at radius 1 is 1.17 bits per heavy atom. The molecule has 0 spiro atoms. The van der Waals surface area contributed by atoms with Crippen LogP contribution in [0.3, 0.4) is 0 Å². The second-order valence-corrected chi connectivity index (χ2v) is 5.43. The first kappa shape index (κ1) is 17.1. The van der Waals surface area contributed by atoms with Crippen LogP contribution in [0.2, 0.25) is 5.02 Å². The van der Waals surface area contributed by atoms with E-state index in [2.05, 4.69) is 35.4 Å². The molecule has 0 aliphatic heterocycles. The predicted molar refractivity (Wildman–Crippen MR) is 97.8 cm³/mol. The molecule has 3 nitrogen and oxygen atoms in total. The van der Waals surface area contributed by atoms with Gasteiger partial charge in [0.05, 0.1) is 16.8 Å². The van der Waals surface area contributed by atoms with Crippen molar-refractivity contribution in [1.82, 2.24) is 4.98 Å². The molecule has 0 saturated heterocycles. The molecule has 1 aromatic heterocycles. The Balaban J connectivity index is 0.00000192. The number of nitriles is 1. The number of pyridine rings is 1. The topological polar surface area (TPSA) is 48.7 Å². The van der Waals surface area contributed by atoms with Gasteiger partial charge in [-0.1, -0.05) is 30.7 Å². The van der Waals surface area contributed by atoms with Gasteiger partial charge in [0, 0.05) is 22.3 Å². The maximum absolute atomic E-state index is 9.34. The van der Waals surface area contributed by atoms with Crippen molar-refractivity contribution >= 4 is 46.3 Å². The third kappa shape index (κ3) is 3.56. The Hall–Kier alpha value is -2.28. The van der Waals surface area contributed by atoms with Crippen LogP contribution >= 0.6 is 24.0 Å². The summed E-state index contributed by atoms with van der Waals surface area (Å²) in [6.07, 6.45) is 2.58. The highest BCUT2D eigenvalue weighted by molar-refractivity contribution is 6.31. The average molecular weight is 344 g/mol. The first-order valence-electron chi connectivity index (χ1n) is 7.05. The monoisotopic (exact) mass is 343 g/mol. The fourth-order valence-corrected chi connectivity index (χ4v) is 2.52. The highest BCUT2D eigenvalue weighted by Gasteiger charge is 2.10. The van der Waals surface area contributed by atoms with E-state index in [1.807, 2.05) is 24.3 Å². The molecule has 3 rings (SSSR count). The Bertz CT molecular complexity index is 868. The van der Waals surface area contributed by atoms with Gasteiger partial charge in [0.1, 0.15) is 6.07 Å². The molecule has 2 aromatic carbocycles. The summed E-state index contributed by atoms with van der Waals surface area (Å²) >= 11 is 6.09. The summed E-state index contributed by atoms with van der Waals surface area (Å²) < 4.78 is 0. The average Bonchev–Trinajstić information content (AvgIpc) is 2.56. The van der Waals surface area contributed by atoms with E-state index in [0.717, 1.165) is 28.7 Å². The van der Waals surface area contributed by atoms with Crippen molar-refractivity contribution in [3.63, 3.8) is 0 Å². The lowest BCUT2D eigenvalue weighted by atomic mass is 10.1. The number of rotatable bonds is 3. The maximum atomic E-state index is 9.34. The number of nitrogens with one attached hydrogen (secondary N) is 1. The number of aryl methyl sites for hydroxylation is 1. The van der Waals surface area contributed by atoms with Crippen molar-refractivity contribution in [2.24, 2.45) is 0 Å². The number of hydrogen-bond acceptors (Lipinski definition) is 3. The maximum Gasteiger partial charge on any atom is 0.103 e. The summed E-state index contributed by atoms with van der Waals surface area (Å²) in [5.41, 5.74) is 4.24. The van der Waals surface area contributed by atoms with Gasteiger partial charge < -0.3 is 5.32 Å². The van der Waals surface area contributed by atoms with Gasteiger partial charge in [-0.3, -0.25) is 4.98 Å². The molecule has 0 aliphatic carbocycles. The Morgan fingerprint density at radius 3 is 2.57 bits per heavy atom. The first-order chi connectivity index (χ1) is 10.7. The van der Waals surface area contributed by atoms with Gasteiger partial charge in [-0.2, -0.15) is 5.26 Å². The standard InChI is InChI=1S/C18H14ClN3.ClH/c1-2-12-3-6-15(7-4-12)22-18-13(10-20)11-21-17-8-5-14(19)9-16(17)18;/h3-9,11H,2H2,1H3,(H,21,22);1H. The molecule has 0 amide bonds. The van der Waals surface area contributed by atoms with Crippen molar-refractivity contribution in [1.29, 1.82) is 5.26 Å². The van der Waals surface area contributed by atoms with Crippen LogP contribution in [-0.4, -0.2) is 4.98 Å². The van der Waals surface area contributed by atoms with E-state index < -0.39 is 0 Å². The third-order valence-electron chi connectivity index (χ3n) is 3.58. The van der Waals surface area contributed by atoms with E-state index in [-0.39, 0.29) is 12.4 Å². The number of halogens is 2. The summed E-state index contributed by atoms with van der Waals surface area (Å²) in [4.78, 5) is 4.30. The molecule has 0 bridgehead atoms. The van der Waals surface area contributed by atoms with E-state index in [9.17, 15) is 5.26 Å². The quantitative estimate of drug-likeness (QED) is 0.684. The van der Waals surface area contributed by atoms with E-state index >= 15 is 0 Å². The molecule has 0 unspecified atom stereocenters. The second-order valence-electron chi connectivity index (χ2n) is 5.00. The minimum Gasteiger partial charge on any atom is -0.354 e. The second kappa shape index (κ2) is 7.32.